The zero-order valence-corrected chi connectivity index (χ0v) is 20.2. The van der Waals surface area contributed by atoms with Crippen molar-refractivity contribution in [2.45, 2.75) is 69.2 Å². The van der Waals surface area contributed by atoms with Crippen LogP contribution in [0, 0.1) is 24.7 Å². The molecule has 0 spiro atoms. The molecule has 6 aliphatic rings. The number of nitrogens with zero attached hydrogens (tertiary/aromatic N) is 4. The predicted octanol–water partition coefficient (Wildman–Crippen LogP) is 3.77. The molecule has 180 valence electrons. The van der Waals surface area contributed by atoms with Crippen LogP contribution in [0.15, 0.2) is 30.5 Å². The monoisotopic (exact) mass is 460 g/mol. The number of rotatable bonds is 5. The number of aliphatic hydroxyl groups is 1. The molecule has 2 aliphatic heterocycles. The zero-order valence-electron chi connectivity index (χ0n) is 20.2. The van der Waals surface area contributed by atoms with Crippen LogP contribution in [0.4, 0.5) is 23.1 Å². The van der Waals surface area contributed by atoms with Gasteiger partial charge in [0.2, 0.25) is 5.95 Å². The summed E-state index contributed by atoms with van der Waals surface area (Å²) in [5.41, 5.74) is 2.99. The van der Waals surface area contributed by atoms with E-state index in [1.165, 1.54) is 31.5 Å². The predicted molar refractivity (Wildman–Crippen MR) is 135 cm³/mol. The van der Waals surface area contributed by atoms with E-state index in [0.29, 0.717) is 41.8 Å². The Bertz CT molecular complexity index is 1070. The second-order valence-corrected chi connectivity index (χ2v) is 11.9. The first-order valence-corrected chi connectivity index (χ1v) is 13.1. The van der Waals surface area contributed by atoms with E-state index in [1.54, 1.807) is 0 Å². The minimum atomic E-state index is -0.404. The molecule has 4 aliphatic carbocycles. The highest BCUT2D eigenvalue weighted by Crippen LogP contribution is 2.56. The number of aryl methyl sites for hydroxylation is 1. The Morgan fingerprint density at radius 3 is 2.41 bits per heavy atom. The van der Waals surface area contributed by atoms with E-state index < -0.39 is 5.60 Å². The van der Waals surface area contributed by atoms with Gasteiger partial charge in [-0.1, -0.05) is 0 Å². The summed E-state index contributed by atoms with van der Waals surface area (Å²) in [6, 6.07) is 10.5. The quantitative estimate of drug-likeness (QED) is 0.627. The topological polar surface area (TPSA) is 76.6 Å². The smallest absolute Gasteiger partial charge is 0.229 e. The van der Waals surface area contributed by atoms with Gasteiger partial charge in [0.25, 0.3) is 0 Å². The van der Waals surface area contributed by atoms with Gasteiger partial charge >= 0.3 is 0 Å². The average molecular weight is 461 g/mol. The molecule has 7 nitrogen and oxygen atoms in total. The Balaban J connectivity index is 1.05. The number of benzene rings is 1. The van der Waals surface area contributed by atoms with Crippen molar-refractivity contribution in [1.29, 1.82) is 0 Å². The fraction of sp³-hybridized carbons (Fsp3) is 0.630. The number of piperazine rings is 1. The van der Waals surface area contributed by atoms with Gasteiger partial charge in [-0.05, 0) is 94.5 Å². The summed E-state index contributed by atoms with van der Waals surface area (Å²) in [6.45, 7) is 4.37. The number of hydrogen-bond donors (Lipinski definition) is 3. The lowest BCUT2D eigenvalue weighted by molar-refractivity contribution is -0.129. The normalized spacial score (nSPS) is 38.0. The van der Waals surface area contributed by atoms with Crippen LogP contribution in [0.5, 0.6) is 0 Å². The Hall–Kier alpha value is -2.38. The van der Waals surface area contributed by atoms with Crippen LogP contribution >= 0.6 is 0 Å². The summed E-state index contributed by atoms with van der Waals surface area (Å²) < 4.78 is 0. The van der Waals surface area contributed by atoms with Crippen molar-refractivity contribution >= 4 is 23.1 Å². The van der Waals surface area contributed by atoms with Gasteiger partial charge in [-0.15, -0.1) is 0 Å². The molecule has 34 heavy (non-hydrogen) atoms. The summed E-state index contributed by atoms with van der Waals surface area (Å²) in [6.07, 6.45) is 8.57. The molecule has 2 saturated heterocycles. The van der Waals surface area contributed by atoms with Crippen molar-refractivity contribution < 1.29 is 5.11 Å². The molecular weight excluding hydrogens is 424 g/mol. The fourth-order valence-electron chi connectivity index (χ4n) is 8.07. The number of likely N-dealkylation sites (tertiary alicyclic amines) is 1. The average Bonchev–Trinajstić information content (AvgIpc) is 3.37. The standard InChI is InChI=1S/C27H36N6O/c1-16-13-28-26(29-20-3-5-21(6-4-20)33-15-22-9-23(33)14-32(22)2)31-25(16)30-24-18-7-17-8-19(24)12-27(34,10-17)11-18/h3-6,13,17-19,22-24,34H,7-12,14-15H2,1-2H3,(H2,28,29,30,31). The van der Waals surface area contributed by atoms with E-state index in [9.17, 15) is 5.11 Å². The molecule has 2 aromatic rings. The maximum atomic E-state index is 10.9. The van der Waals surface area contributed by atoms with Gasteiger partial charge in [-0.3, -0.25) is 4.90 Å². The lowest BCUT2D eigenvalue weighted by Gasteiger charge is -2.58. The van der Waals surface area contributed by atoms with E-state index in [4.69, 9.17) is 4.98 Å². The number of hydrogen-bond acceptors (Lipinski definition) is 7. The summed E-state index contributed by atoms with van der Waals surface area (Å²) in [7, 11) is 2.24. The van der Waals surface area contributed by atoms with Crippen molar-refractivity contribution in [3.8, 4) is 0 Å². The largest absolute Gasteiger partial charge is 0.390 e. The van der Waals surface area contributed by atoms with E-state index in [0.717, 1.165) is 42.9 Å². The molecule has 1 aromatic carbocycles. The lowest BCUT2D eigenvalue weighted by Crippen LogP contribution is -2.59. The van der Waals surface area contributed by atoms with Crippen molar-refractivity contribution in [2.24, 2.45) is 17.8 Å². The molecule has 3 heterocycles. The second kappa shape index (κ2) is 7.56. The summed E-state index contributed by atoms with van der Waals surface area (Å²) in [4.78, 5) is 14.5. The SMILES string of the molecule is Cc1cnc(Nc2ccc(N3CC4CC3CN4C)cc2)nc1NC1C2CC3CC1CC(O)(C3)C2. The van der Waals surface area contributed by atoms with Crippen LogP contribution in [0.25, 0.3) is 0 Å². The highest BCUT2D eigenvalue weighted by atomic mass is 16.3. The summed E-state index contributed by atoms with van der Waals surface area (Å²) in [5.74, 6) is 3.37. The maximum absolute atomic E-state index is 10.9. The molecule has 0 radical (unpaired) electrons. The van der Waals surface area contributed by atoms with Crippen molar-refractivity contribution in [3.05, 3.63) is 36.0 Å². The van der Waals surface area contributed by atoms with Gasteiger partial charge < -0.3 is 20.6 Å². The lowest BCUT2D eigenvalue weighted by atomic mass is 9.52. The first kappa shape index (κ1) is 20.9. The van der Waals surface area contributed by atoms with Crippen molar-refractivity contribution in [3.63, 3.8) is 0 Å². The van der Waals surface area contributed by atoms with Gasteiger partial charge in [0.15, 0.2) is 0 Å². The first-order valence-electron chi connectivity index (χ1n) is 13.1. The number of aromatic nitrogens is 2. The molecule has 6 bridgehead atoms. The molecule has 4 unspecified atom stereocenters. The van der Waals surface area contributed by atoms with Crippen LogP contribution in [0.3, 0.4) is 0 Å². The Labute approximate surface area is 202 Å². The third kappa shape index (κ3) is 3.47. The number of anilines is 4. The third-order valence-corrected chi connectivity index (χ3v) is 9.49. The minimum absolute atomic E-state index is 0.404. The summed E-state index contributed by atoms with van der Waals surface area (Å²) >= 11 is 0. The molecule has 3 N–H and O–H groups in total. The molecular formula is C27H36N6O. The Morgan fingerprint density at radius 1 is 1.00 bits per heavy atom. The minimum Gasteiger partial charge on any atom is -0.390 e. The molecule has 1 aromatic heterocycles. The van der Waals surface area contributed by atoms with E-state index in [2.05, 4.69) is 63.7 Å². The maximum Gasteiger partial charge on any atom is 0.229 e. The number of fused-ring (bicyclic) bond motifs is 2. The Morgan fingerprint density at radius 2 is 1.76 bits per heavy atom. The molecule has 0 amide bonds. The van der Waals surface area contributed by atoms with Crippen LogP contribution < -0.4 is 15.5 Å². The van der Waals surface area contributed by atoms with Gasteiger partial charge in [0, 0.05) is 54.4 Å². The molecule has 4 atom stereocenters. The molecule has 8 rings (SSSR count). The van der Waals surface area contributed by atoms with Crippen molar-refractivity contribution in [2.75, 3.05) is 35.7 Å². The highest BCUT2D eigenvalue weighted by Gasteiger charge is 2.54. The van der Waals surface area contributed by atoms with Crippen molar-refractivity contribution in [1.82, 2.24) is 14.9 Å². The fourth-order valence-corrected chi connectivity index (χ4v) is 8.07. The number of likely N-dealkylation sites (N-methyl/N-ethyl adjacent to an activating group) is 1. The second-order valence-electron chi connectivity index (χ2n) is 11.9. The van der Waals surface area contributed by atoms with Crippen LogP contribution in [-0.2, 0) is 0 Å². The zero-order chi connectivity index (χ0) is 23.0. The number of nitrogens with one attached hydrogen (secondary N) is 2. The highest BCUT2D eigenvalue weighted by molar-refractivity contribution is 5.61. The molecule has 6 fully saturated rings. The molecule has 7 heteroatoms. The van der Waals surface area contributed by atoms with E-state index >= 15 is 0 Å². The van der Waals surface area contributed by atoms with Gasteiger partial charge in [-0.2, -0.15) is 4.98 Å². The van der Waals surface area contributed by atoms with Crippen LogP contribution in [0.2, 0.25) is 0 Å². The Kier molecular flexibility index (Phi) is 4.66. The van der Waals surface area contributed by atoms with E-state index in [-0.39, 0.29) is 0 Å². The van der Waals surface area contributed by atoms with Crippen LogP contribution in [-0.4, -0.2) is 63.8 Å². The first-order chi connectivity index (χ1) is 16.4. The molecule has 4 saturated carbocycles. The van der Waals surface area contributed by atoms with Gasteiger partial charge in [0.05, 0.1) is 5.60 Å². The van der Waals surface area contributed by atoms with Gasteiger partial charge in [0.1, 0.15) is 5.82 Å². The third-order valence-electron chi connectivity index (χ3n) is 9.49. The summed E-state index contributed by atoms with van der Waals surface area (Å²) in [5, 5.41) is 18.1. The van der Waals surface area contributed by atoms with E-state index in [1.807, 2.05) is 6.20 Å². The van der Waals surface area contributed by atoms with Crippen LogP contribution in [0.1, 0.15) is 44.1 Å². The van der Waals surface area contributed by atoms with Gasteiger partial charge in [-0.25, -0.2) is 4.98 Å².